The van der Waals surface area contributed by atoms with Crippen molar-refractivity contribution in [3.63, 3.8) is 0 Å². The van der Waals surface area contributed by atoms with Crippen molar-refractivity contribution in [3.05, 3.63) is 0 Å². The highest BCUT2D eigenvalue weighted by atomic mass is 16.2. The molecule has 3 nitrogen and oxygen atoms in total. The molecule has 3 heteroatoms. The van der Waals surface area contributed by atoms with E-state index in [0.717, 1.165) is 25.8 Å². The molecule has 0 aliphatic heterocycles. The molecule has 2 N–H and O–H groups in total. The van der Waals surface area contributed by atoms with Crippen molar-refractivity contribution < 1.29 is 4.79 Å². The Morgan fingerprint density at radius 1 is 1.22 bits per heavy atom. The number of hydrogen-bond acceptors (Lipinski definition) is 2. The highest BCUT2D eigenvalue weighted by Gasteiger charge is 2.40. The minimum absolute atomic E-state index is 0.102. The molecule has 0 radical (unpaired) electrons. The predicted molar refractivity (Wildman–Crippen MR) is 74.1 cm³/mol. The SMILES string of the molecule is CN(C(=O)C1(C)CCCCC1)C1CCCC1CN. The van der Waals surface area contributed by atoms with Crippen molar-refractivity contribution in [3.8, 4) is 0 Å². The first kappa shape index (κ1) is 13.9. The first-order valence-electron chi connectivity index (χ1n) is 7.56. The summed E-state index contributed by atoms with van der Waals surface area (Å²) in [7, 11) is 2.00. The average Bonchev–Trinajstić information content (AvgIpc) is 2.86. The zero-order valence-electron chi connectivity index (χ0n) is 12.0. The second kappa shape index (κ2) is 5.60. The lowest BCUT2D eigenvalue weighted by atomic mass is 9.74. The van der Waals surface area contributed by atoms with E-state index < -0.39 is 0 Å². The Bertz CT molecular complexity index is 297. The van der Waals surface area contributed by atoms with Crippen molar-refractivity contribution in [2.24, 2.45) is 17.1 Å². The molecule has 0 heterocycles. The van der Waals surface area contributed by atoms with Crippen LogP contribution in [0.3, 0.4) is 0 Å². The van der Waals surface area contributed by atoms with E-state index in [1.54, 1.807) is 0 Å². The highest BCUT2D eigenvalue weighted by molar-refractivity contribution is 5.82. The number of nitrogens with zero attached hydrogens (tertiary/aromatic N) is 1. The van der Waals surface area contributed by atoms with Gasteiger partial charge in [0.05, 0.1) is 0 Å². The van der Waals surface area contributed by atoms with Crippen molar-refractivity contribution in [1.29, 1.82) is 0 Å². The van der Waals surface area contributed by atoms with E-state index in [2.05, 4.69) is 6.92 Å². The predicted octanol–water partition coefficient (Wildman–Crippen LogP) is 2.54. The molecule has 0 aromatic rings. The molecule has 2 unspecified atom stereocenters. The highest BCUT2D eigenvalue weighted by Crippen LogP contribution is 2.39. The lowest BCUT2D eigenvalue weighted by Crippen LogP contribution is -2.48. The Morgan fingerprint density at radius 2 is 1.89 bits per heavy atom. The van der Waals surface area contributed by atoms with Crippen LogP contribution in [0.4, 0.5) is 0 Å². The summed E-state index contributed by atoms with van der Waals surface area (Å²) in [6.45, 7) is 2.89. The van der Waals surface area contributed by atoms with Gasteiger partial charge in [-0.1, -0.05) is 32.6 Å². The monoisotopic (exact) mass is 252 g/mol. The second-order valence-corrected chi connectivity index (χ2v) is 6.53. The molecule has 2 atom stereocenters. The molecule has 0 aromatic carbocycles. The quantitative estimate of drug-likeness (QED) is 0.839. The molecule has 0 saturated heterocycles. The van der Waals surface area contributed by atoms with E-state index in [4.69, 9.17) is 5.73 Å². The summed E-state index contributed by atoms with van der Waals surface area (Å²) >= 11 is 0. The van der Waals surface area contributed by atoms with Gasteiger partial charge in [-0.15, -0.1) is 0 Å². The van der Waals surface area contributed by atoms with E-state index in [1.807, 2.05) is 11.9 Å². The maximum absolute atomic E-state index is 12.8. The molecule has 18 heavy (non-hydrogen) atoms. The molecular formula is C15H28N2O. The third-order valence-electron chi connectivity index (χ3n) is 5.21. The fraction of sp³-hybridized carbons (Fsp3) is 0.933. The van der Waals surface area contributed by atoms with Crippen LogP contribution in [0.2, 0.25) is 0 Å². The van der Waals surface area contributed by atoms with Gasteiger partial charge in [-0.2, -0.15) is 0 Å². The van der Waals surface area contributed by atoms with Gasteiger partial charge >= 0.3 is 0 Å². The van der Waals surface area contributed by atoms with Gasteiger partial charge in [-0.25, -0.2) is 0 Å². The first-order chi connectivity index (χ1) is 8.58. The Labute approximate surface area is 111 Å². The van der Waals surface area contributed by atoms with Crippen molar-refractivity contribution >= 4 is 5.91 Å². The van der Waals surface area contributed by atoms with Crippen LogP contribution >= 0.6 is 0 Å². The summed E-state index contributed by atoms with van der Waals surface area (Å²) in [6, 6.07) is 0.390. The molecule has 2 aliphatic carbocycles. The van der Waals surface area contributed by atoms with Crippen LogP contribution in [-0.2, 0) is 4.79 Å². The van der Waals surface area contributed by atoms with E-state index in [1.165, 1.54) is 32.1 Å². The summed E-state index contributed by atoms with van der Waals surface area (Å²) in [5, 5.41) is 0. The molecule has 2 aliphatic rings. The number of rotatable bonds is 3. The minimum Gasteiger partial charge on any atom is -0.342 e. The molecule has 0 spiro atoms. The Kier molecular flexibility index (Phi) is 4.31. The van der Waals surface area contributed by atoms with Gasteiger partial charge in [0.15, 0.2) is 0 Å². The largest absolute Gasteiger partial charge is 0.342 e. The van der Waals surface area contributed by atoms with Crippen molar-refractivity contribution in [2.45, 2.75) is 64.3 Å². The minimum atomic E-state index is -0.102. The molecule has 2 rings (SSSR count). The number of nitrogens with two attached hydrogens (primary N) is 1. The zero-order valence-corrected chi connectivity index (χ0v) is 12.0. The smallest absolute Gasteiger partial charge is 0.228 e. The topological polar surface area (TPSA) is 46.3 Å². The van der Waals surface area contributed by atoms with Crippen LogP contribution in [0, 0.1) is 11.3 Å². The van der Waals surface area contributed by atoms with Crippen LogP contribution < -0.4 is 5.73 Å². The van der Waals surface area contributed by atoms with Crippen LogP contribution in [0.1, 0.15) is 58.3 Å². The Balaban J connectivity index is 2.03. The lowest BCUT2D eigenvalue weighted by molar-refractivity contribution is -0.144. The van der Waals surface area contributed by atoms with E-state index in [9.17, 15) is 4.79 Å². The maximum atomic E-state index is 12.8. The lowest BCUT2D eigenvalue weighted by Gasteiger charge is -2.39. The fourth-order valence-corrected chi connectivity index (χ4v) is 3.92. The molecule has 0 bridgehead atoms. The van der Waals surface area contributed by atoms with Crippen LogP contribution in [-0.4, -0.2) is 30.4 Å². The van der Waals surface area contributed by atoms with Crippen LogP contribution in [0.5, 0.6) is 0 Å². The molecule has 2 saturated carbocycles. The molecular weight excluding hydrogens is 224 g/mol. The summed E-state index contributed by atoms with van der Waals surface area (Å²) in [4.78, 5) is 14.8. The van der Waals surface area contributed by atoms with Crippen LogP contribution in [0.25, 0.3) is 0 Å². The Morgan fingerprint density at radius 3 is 2.50 bits per heavy atom. The third kappa shape index (κ3) is 2.56. The fourth-order valence-electron chi connectivity index (χ4n) is 3.92. The molecule has 1 amide bonds. The summed E-state index contributed by atoms with van der Waals surface area (Å²) in [5.74, 6) is 0.888. The number of carbonyl (C=O) groups is 1. The van der Waals surface area contributed by atoms with Gasteiger partial charge in [0.1, 0.15) is 0 Å². The van der Waals surface area contributed by atoms with E-state index in [-0.39, 0.29) is 5.41 Å². The molecule has 0 aromatic heterocycles. The summed E-state index contributed by atoms with van der Waals surface area (Å²) < 4.78 is 0. The molecule has 2 fully saturated rings. The first-order valence-corrected chi connectivity index (χ1v) is 7.56. The van der Waals surface area contributed by atoms with Gasteiger partial charge in [0.25, 0.3) is 0 Å². The van der Waals surface area contributed by atoms with E-state index >= 15 is 0 Å². The van der Waals surface area contributed by atoms with Gasteiger partial charge in [0.2, 0.25) is 5.91 Å². The number of carbonyl (C=O) groups excluding carboxylic acids is 1. The van der Waals surface area contributed by atoms with Crippen molar-refractivity contribution in [1.82, 2.24) is 4.90 Å². The molecule has 104 valence electrons. The Hall–Kier alpha value is -0.570. The van der Waals surface area contributed by atoms with Crippen LogP contribution in [0.15, 0.2) is 0 Å². The van der Waals surface area contributed by atoms with Gasteiger partial charge in [0, 0.05) is 18.5 Å². The van der Waals surface area contributed by atoms with Gasteiger partial charge in [-0.05, 0) is 38.1 Å². The van der Waals surface area contributed by atoms with Gasteiger partial charge in [-0.3, -0.25) is 4.79 Å². The van der Waals surface area contributed by atoms with Crippen molar-refractivity contribution in [2.75, 3.05) is 13.6 Å². The zero-order chi connectivity index (χ0) is 13.2. The maximum Gasteiger partial charge on any atom is 0.228 e. The normalized spacial score (nSPS) is 31.3. The standard InChI is InChI=1S/C15H28N2O/c1-15(9-4-3-5-10-15)14(18)17(2)13-8-6-7-12(13)11-16/h12-13H,3-11,16H2,1-2H3. The number of amides is 1. The van der Waals surface area contributed by atoms with Gasteiger partial charge < -0.3 is 10.6 Å². The average molecular weight is 252 g/mol. The third-order valence-corrected chi connectivity index (χ3v) is 5.21. The second-order valence-electron chi connectivity index (χ2n) is 6.53. The number of hydrogen-bond donors (Lipinski definition) is 1. The van der Waals surface area contributed by atoms with E-state index in [0.29, 0.717) is 17.9 Å². The summed E-state index contributed by atoms with van der Waals surface area (Å²) in [5.41, 5.74) is 5.73. The summed E-state index contributed by atoms with van der Waals surface area (Å²) in [6.07, 6.45) is 9.40.